The highest BCUT2D eigenvalue weighted by Gasteiger charge is 2.40. The van der Waals surface area contributed by atoms with Gasteiger partial charge in [-0.25, -0.2) is 4.98 Å². The molecule has 1 saturated heterocycles. The molecule has 1 saturated carbocycles. The molecule has 0 bridgehead atoms. The van der Waals surface area contributed by atoms with Crippen LogP contribution in [-0.4, -0.2) is 50.3 Å². The summed E-state index contributed by atoms with van der Waals surface area (Å²) in [4.78, 5) is 43.2. The minimum atomic E-state index is -0.921. The van der Waals surface area contributed by atoms with Gasteiger partial charge in [-0.05, 0) is 56.9 Å². The Kier molecular flexibility index (Phi) is 6.85. The number of nitriles is 1. The zero-order chi connectivity index (χ0) is 25.1. The number of likely N-dealkylation sites (tertiary alicyclic amines) is 1. The summed E-state index contributed by atoms with van der Waals surface area (Å²) in [7, 11) is 0. The highest BCUT2D eigenvalue weighted by Crippen LogP contribution is 2.33. The Morgan fingerprint density at radius 1 is 1.19 bits per heavy atom. The topological polar surface area (TPSA) is 118 Å². The number of amides is 2. The molecule has 9 nitrogen and oxygen atoms in total. The number of H-pyrrole nitrogens is 1. The standard InChI is InChI=1S/C27H31N7O2/c1-18-30-22-12-11-21(15-23(22)31-18)34(27(36)24-10-6-14-33(24)17-28)25(19-7-5-13-29-16-19)26(35)32-20-8-3-2-4-9-20/h5,7,11-13,15-16,20,24-25H,2-4,6,8-10,14H2,1H3,(H,30,31)(H,32,35)/t24-,25?/m1/s1. The van der Waals surface area contributed by atoms with Gasteiger partial charge in [-0.2, -0.15) is 5.26 Å². The summed E-state index contributed by atoms with van der Waals surface area (Å²) in [5.74, 6) is 0.272. The molecular weight excluding hydrogens is 454 g/mol. The average Bonchev–Trinajstić information content (AvgIpc) is 3.53. The van der Waals surface area contributed by atoms with E-state index in [0.717, 1.165) is 49.0 Å². The maximum atomic E-state index is 14.2. The van der Waals surface area contributed by atoms with Crippen molar-refractivity contribution in [2.45, 2.75) is 70.0 Å². The zero-order valence-electron chi connectivity index (χ0n) is 20.5. The van der Waals surface area contributed by atoms with E-state index >= 15 is 0 Å². The first-order valence-corrected chi connectivity index (χ1v) is 12.7. The monoisotopic (exact) mass is 485 g/mol. The molecule has 1 aliphatic carbocycles. The summed E-state index contributed by atoms with van der Waals surface area (Å²) < 4.78 is 0. The van der Waals surface area contributed by atoms with Gasteiger partial charge in [0.1, 0.15) is 17.9 Å². The molecule has 0 radical (unpaired) electrons. The molecule has 2 aliphatic rings. The third-order valence-corrected chi connectivity index (χ3v) is 7.22. The molecule has 9 heteroatoms. The van der Waals surface area contributed by atoms with Crippen LogP contribution in [0.4, 0.5) is 5.69 Å². The van der Waals surface area contributed by atoms with Crippen molar-refractivity contribution in [1.29, 1.82) is 5.26 Å². The molecule has 2 fully saturated rings. The van der Waals surface area contributed by atoms with Crippen LogP contribution < -0.4 is 10.2 Å². The lowest BCUT2D eigenvalue weighted by Gasteiger charge is -2.35. The number of imidazole rings is 1. The van der Waals surface area contributed by atoms with E-state index in [0.29, 0.717) is 24.2 Å². The molecule has 1 aromatic carbocycles. The Labute approximate surface area is 210 Å². The van der Waals surface area contributed by atoms with Crippen molar-refractivity contribution in [3.8, 4) is 6.19 Å². The lowest BCUT2D eigenvalue weighted by Crippen LogP contribution is -2.51. The quantitative estimate of drug-likeness (QED) is 0.514. The van der Waals surface area contributed by atoms with Crippen LogP contribution in [0, 0.1) is 18.4 Å². The van der Waals surface area contributed by atoms with Crippen molar-refractivity contribution in [1.82, 2.24) is 25.2 Å². The second-order valence-electron chi connectivity index (χ2n) is 9.72. The van der Waals surface area contributed by atoms with Gasteiger partial charge < -0.3 is 10.3 Å². The number of carbonyl (C=O) groups is 2. The van der Waals surface area contributed by atoms with Crippen LogP contribution in [0.2, 0.25) is 0 Å². The van der Waals surface area contributed by atoms with Crippen LogP contribution in [0.5, 0.6) is 0 Å². The van der Waals surface area contributed by atoms with E-state index in [1.807, 2.05) is 31.2 Å². The molecule has 1 aliphatic heterocycles. The zero-order valence-corrected chi connectivity index (χ0v) is 20.5. The van der Waals surface area contributed by atoms with Gasteiger partial charge in [0, 0.05) is 36.2 Å². The number of hydrogen-bond acceptors (Lipinski definition) is 6. The van der Waals surface area contributed by atoms with Gasteiger partial charge in [0.2, 0.25) is 5.91 Å². The van der Waals surface area contributed by atoms with Crippen LogP contribution in [-0.2, 0) is 9.59 Å². The lowest BCUT2D eigenvalue weighted by molar-refractivity contribution is -0.128. The van der Waals surface area contributed by atoms with E-state index in [9.17, 15) is 14.9 Å². The van der Waals surface area contributed by atoms with Gasteiger partial charge in [0.25, 0.3) is 5.91 Å². The molecule has 2 aromatic heterocycles. The second kappa shape index (κ2) is 10.4. The van der Waals surface area contributed by atoms with Gasteiger partial charge in [0.15, 0.2) is 6.19 Å². The number of fused-ring (bicyclic) bond motifs is 1. The number of aromatic nitrogens is 3. The molecule has 2 amide bonds. The molecule has 2 N–H and O–H groups in total. The summed E-state index contributed by atoms with van der Waals surface area (Å²) >= 11 is 0. The number of anilines is 1. The SMILES string of the molecule is Cc1nc2ccc(N(C(=O)[C@H]3CCCN3C#N)C(C(=O)NC3CCCCC3)c3cccnc3)cc2[nH]1. The van der Waals surface area contributed by atoms with E-state index in [2.05, 4.69) is 26.5 Å². The van der Waals surface area contributed by atoms with Crippen LogP contribution in [0.25, 0.3) is 11.0 Å². The number of rotatable bonds is 6. The summed E-state index contributed by atoms with van der Waals surface area (Å²) in [5.41, 5.74) is 2.77. The van der Waals surface area contributed by atoms with Gasteiger partial charge in [-0.1, -0.05) is 25.3 Å². The summed E-state index contributed by atoms with van der Waals surface area (Å²) in [6, 6.07) is 7.68. The predicted octanol–water partition coefficient (Wildman–Crippen LogP) is 3.74. The van der Waals surface area contributed by atoms with Crippen molar-refractivity contribution in [2.75, 3.05) is 11.4 Å². The number of hydrogen-bond donors (Lipinski definition) is 2. The second-order valence-corrected chi connectivity index (χ2v) is 9.72. The maximum Gasteiger partial charge on any atom is 0.251 e. The van der Waals surface area contributed by atoms with Crippen molar-refractivity contribution >= 4 is 28.5 Å². The lowest BCUT2D eigenvalue weighted by atomic mass is 9.94. The number of benzene rings is 1. The van der Waals surface area contributed by atoms with Gasteiger partial charge in [-0.3, -0.25) is 24.4 Å². The molecule has 3 aromatic rings. The largest absolute Gasteiger partial charge is 0.351 e. The minimum Gasteiger partial charge on any atom is -0.351 e. The van der Waals surface area contributed by atoms with E-state index in [1.54, 1.807) is 23.4 Å². The van der Waals surface area contributed by atoms with Crippen LogP contribution in [0.3, 0.4) is 0 Å². The van der Waals surface area contributed by atoms with E-state index in [1.165, 1.54) is 11.3 Å². The number of pyridine rings is 1. The highest BCUT2D eigenvalue weighted by molar-refractivity contribution is 6.04. The maximum absolute atomic E-state index is 14.2. The Morgan fingerprint density at radius 2 is 2.03 bits per heavy atom. The molecule has 36 heavy (non-hydrogen) atoms. The van der Waals surface area contributed by atoms with Crippen LogP contribution in [0.15, 0.2) is 42.7 Å². The number of nitrogens with zero attached hydrogens (tertiary/aromatic N) is 5. The Balaban J connectivity index is 1.60. The van der Waals surface area contributed by atoms with Crippen molar-refractivity contribution in [3.63, 3.8) is 0 Å². The fourth-order valence-electron chi connectivity index (χ4n) is 5.46. The number of aryl methyl sites for hydroxylation is 1. The fourth-order valence-corrected chi connectivity index (χ4v) is 5.46. The Hall–Kier alpha value is -3.93. The van der Waals surface area contributed by atoms with Crippen molar-refractivity contribution < 1.29 is 9.59 Å². The third kappa shape index (κ3) is 4.76. The normalized spacial score (nSPS) is 19.1. The third-order valence-electron chi connectivity index (χ3n) is 7.22. The molecule has 186 valence electrons. The summed E-state index contributed by atoms with van der Waals surface area (Å²) in [6.45, 7) is 2.41. The highest BCUT2D eigenvalue weighted by atomic mass is 16.2. The number of aromatic amines is 1. The summed E-state index contributed by atoms with van der Waals surface area (Å²) in [5, 5.41) is 12.9. The average molecular weight is 486 g/mol. The molecule has 2 atom stereocenters. The number of carbonyl (C=O) groups excluding carboxylic acids is 2. The molecule has 0 spiro atoms. The Bertz CT molecular complexity index is 1280. The van der Waals surface area contributed by atoms with Gasteiger partial charge in [0.05, 0.1) is 11.0 Å². The first-order chi connectivity index (χ1) is 17.5. The minimum absolute atomic E-state index is 0.0854. The van der Waals surface area contributed by atoms with Crippen molar-refractivity contribution in [3.05, 3.63) is 54.1 Å². The first kappa shape index (κ1) is 23.8. The molecular formula is C27H31N7O2. The van der Waals surface area contributed by atoms with Gasteiger partial charge in [-0.15, -0.1) is 0 Å². The molecule has 1 unspecified atom stereocenters. The predicted molar refractivity (Wildman–Crippen MR) is 136 cm³/mol. The van der Waals surface area contributed by atoms with E-state index in [4.69, 9.17) is 0 Å². The summed E-state index contributed by atoms with van der Waals surface area (Å²) in [6.07, 6.45) is 12.0. The van der Waals surface area contributed by atoms with Crippen molar-refractivity contribution in [2.24, 2.45) is 0 Å². The first-order valence-electron chi connectivity index (χ1n) is 12.7. The molecule has 3 heterocycles. The smallest absolute Gasteiger partial charge is 0.251 e. The Morgan fingerprint density at radius 3 is 2.78 bits per heavy atom. The fraction of sp³-hybridized carbons (Fsp3) is 0.444. The van der Waals surface area contributed by atoms with Crippen LogP contribution >= 0.6 is 0 Å². The van der Waals surface area contributed by atoms with E-state index < -0.39 is 12.1 Å². The van der Waals surface area contributed by atoms with Crippen LogP contribution in [0.1, 0.15) is 62.4 Å². The van der Waals surface area contributed by atoms with E-state index in [-0.39, 0.29) is 17.9 Å². The molecule has 5 rings (SSSR count). The van der Waals surface area contributed by atoms with Gasteiger partial charge >= 0.3 is 0 Å². The number of nitrogens with one attached hydrogen (secondary N) is 2.